The van der Waals surface area contributed by atoms with Crippen LogP contribution in [0.2, 0.25) is 0 Å². The van der Waals surface area contributed by atoms with Gasteiger partial charge in [0, 0.05) is 5.41 Å². The van der Waals surface area contributed by atoms with E-state index in [0.717, 1.165) is 37.4 Å². The molecule has 0 spiro atoms. The maximum absolute atomic E-state index is 6.57. The quantitative estimate of drug-likeness (QED) is 0.896. The summed E-state index contributed by atoms with van der Waals surface area (Å²) in [7, 11) is 0. The Kier molecular flexibility index (Phi) is 3.61. The Morgan fingerprint density at radius 2 is 1.90 bits per heavy atom. The molecule has 20 heavy (non-hydrogen) atoms. The summed E-state index contributed by atoms with van der Waals surface area (Å²) in [5.74, 6) is 2.21. The summed E-state index contributed by atoms with van der Waals surface area (Å²) in [6.45, 7) is 4.53. The summed E-state index contributed by atoms with van der Waals surface area (Å²) in [6.07, 6.45) is 10.5. The molecular weight excluding hydrogens is 250 g/mol. The second-order valence-corrected chi connectivity index (χ2v) is 7.40. The van der Waals surface area contributed by atoms with E-state index in [4.69, 9.17) is 15.2 Å². The molecule has 2 aliphatic carbocycles. The summed E-state index contributed by atoms with van der Waals surface area (Å²) < 4.78 is 5.62. The minimum Gasteiger partial charge on any atom is -0.339 e. The molecule has 112 valence electrons. The second-order valence-electron chi connectivity index (χ2n) is 7.40. The molecule has 3 rings (SSSR count). The number of aromatic nitrogens is 2. The topological polar surface area (TPSA) is 64.9 Å². The van der Waals surface area contributed by atoms with Crippen molar-refractivity contribution in [3.8, 4) is 0 Å². The van der Waals surface area contributed by atoms with E-state index in [1.807, 2.05) is 0 Å². The molecule has 2 saturated carbocycles. The van der Waals surface area contributed by atoms with Crippen molar-refractivity contribution in [2.24, 2.45) is 11.7 Å². The summed E-state index contributed by atoms with van der Waals surface area (Å²) in [5, 5.41) is 4.26. The van der Waals surface area contributed by atoms with Crippen molar-refractivity contribution in [2.75, 3.05) is 0 Å². The van der Waals surface area contributed by atoms with Gasteiger partial charge in [0.05, 0.1) is 5.54 Å². The Morgan fingerprint density at radius 3 is 2.60 bits per heavy atom. The predicted octanol–water partition coefficient (Wildman–Crippen LogP) is 3.66. The molecule has 4 heteroatoms. The van der Waals surface area contributed by atoms with E-state index in [2.05, 4.69) is 19.0 Å². The van der Waals surface area contributed by atoms with Crippen molar-refractivity contribution in [3.05, 3.63) is 11.7 Å². The third-order valence-electron chi connectivity index (χ3n) is 5.38. The monoisotopic (exact) mass is 277 g/mol. The van der Waals surface area contributed by atoms with Crippen LogP contribution in [0.3, 0.4) is 0 Å². The van der Waals surface area contributed by atoms with Gasteiger partial charge in [0.25, 0.3) is 0 Å². The van der Waals surface area contributed by atoms with E-state index < -0.39 is 0 Å². The molecule has 2 unspecified atom stereocenters. The molecule has 2 fully saturated rings. The number of hydrogen-bond acceptors (Lipinski definition) is 4. The Hall–Kier alpha value is -0.900. The molecule has 2 atom stereocenters. The normalized spacial score (nSPS) is 34.0. The molecule has 0 aliphatic heterocycles. The van der Waals surface area contributed by atoms with E-state index in [1.165, 1.54) is 32.1 Å². The van der Waals surface area contributed by atoms with Crippen LogP contribution in [0.25, 0.3) is 0 Å². The first kappa shape index (κ1) is 14.1. The molecule has 1 aromatic rings. The summed E-state index contributed by atoms with van der Waals surface area (Å²) in [5.41, 5.74) is 6.27. The lowest BCUT2D eigenvalue weighted by atomic mass is 9.75. The molecular formula is C16H27N3O. The highest BCUT2D eigenvalue weighted by molar-refractivity contribution is 5.11. The highest BCUT2D eigenvalue weighted by atomic mass is 16.5. The van der Waals surface area contributed by atoms with Gasteiger partial charge >= 0.3 is 0 Å². The van der Waals surface area contributed by atoms with E-state index in [-0.39, 0.29) is 11.0 Å². The van der Waals surface area contributed by atoms with E-state index in [0.29, 0.717) is 5.92 Å². The van der Waals surface area contributed by atoms with Crippen LogP contribution in [0.1, 0.15) is 83.3 Å². The lowest BCUT2D eigenvalue weighted by Gasteiger charge is -2.34. The highest BCUT2D eigenvalue weighted by Gasteiger charge is 2.40. The first-order chi connectivity index (χ1) is 9.52. The number of nitrogens with two attached hydrogens (primary N) is 1. The zero-order chi connectivity index (χ0) is 14.2. The smallest absolute Gasteiger partial charge is 0.232 e. The fraction of sp³-hybridized carbons (Fsp3) is 0.875. The molecule has 0 aromatic carbocycles. The van der Waals surface area contributed by atoms with Crippen LogP contribution in [-0.4, -0.2) is 10.1 Å². The first-order valence-corrected chi connectivity index (χ1v) is 8.15. The van der Waals surface area contributed by atoms with Crippen molar-refractivity contribution in [1.82, 2.24) is 10.1 Å². The number of rotatable bonds is 2. The molecule has 0 saturated heterocycles. The summed E-state index contributed by atoms with van der Waals surface area (Å²) in [4.78, 5) is 4.73. The van der Waals surface area contributed by atoms with Crippen LogP contribution in [0.15, 0.2) is 4.52 Å². The van der Waals surface area contributed by atoms with Gasteiger partial charge in [-0.2, -0.15) is 4.98 Å². The Labute approximate surface area is 121 Å². The van der Waals surface area contributed by atoms with Crippen LogP contribution in [0.5, 0.6) is 0 Å². The molecule has 4 nitrogen and oxygen atoms in total. The minimum absolute atomic E-state index is 0.0696. The van der Waals surface area contributed by atoms with Gasteiger partial charge in [-0.1, -0.05) is 51.1 Å². The van der Waals surface area contributed by atoms with E-state index in [1.54, 1.807) is 0 Å². The van der Waals surface area contributed by atoms with Crippen LogP contribution in [0.4, 0.5) is 0 Å². The van der Waals surface area contributed by atoms with Gasteiger partial charge in [0.1, 0.15) is 0 Å². The standard InChI is InChI=1S/C16H27N3O/c1-12-7-6-10-16(17,11-12)13-18-14(20-19-13)15(2)8-4-3-5-9-15/h12H,3-11,17H2,1-2H3. The van der Waals surface area contributed by atoms with Crippen LogP contribution in [0, 0.1) is 5.92 Å². The third kappa shape index (κ3) is 2.50. The first-order valence-electron chi connectivity index (χ1n) is 8.15. The lowest BCUT2D eigenvalue weighted by Crippen LogP contribution is -2.42. The summed E-state index contributed by atoms with van der Waals surface area (Å²) in [6, 6.07) is 0. The Balaban J connectivity index is 1.82. The molecule has 0 bridgehead atoms. The molecule has 2 aliphatic rings. The summed E-state index contributed by atoms with van der Waals surface area (Å²) >= 11 is 0. The zero-order valence-corrected chi connectivity index (χ0v) is 12.8. The zero-order valence-electron chi connectivity index (χ0n) is 12.8. The SMILES string of the molecule is CC1CCCC(N)(c2noc(C3(C)CCCCC3)n2)C1. The van der Waals surface area contributed by atoms with Crippen molar-refractivity contribution in [1.29, 1.82) is 0 Å². The van der Waals surface area contributed by atoms with E-state index >= 15 is 0 Å². The van der Waals surface area contributed by atoms with Gasteiger partial charge in [-0.3, -0.25) is 0 Å². The minimum atomic E-state index is -0.371. The van der Waals surface area contributed by atoms with Crippen LogP contribution < -0.4 is 5.73 Å². The van der Waals surface area contributed by atoms with Crippen LogP contribution >= 0.6 is 0 Å². The molecule has 1 heterocycles. The van der Waals surface area contributed by atoms with Gasteiger partial charge in [-0.25, -0.2) is 0 Å². The van der Waals surface area contributed by atoms with Gasteiger partial charge in [-0.05, 0) is 31.6 Å². The van der Waals surface area contributed by atoms with Gasteiger partial charge in [-0.15, -0.1) is 0 Å². The number of hydrogen-bond donors (Lipinski definition) is 1. The van der Waals surface area contributed by atoms with Crippen molar-refractivity contribution >= 4 is 0 Å². The van der Waals surface area contributed by atoms with Gasteiger partial charge in [0.15, 0.2) is 5.82 Å². The Bertz CT molecular complexity index is 464. The van der Waals surface area contributed by atoms with Crippen LogP contribution in [-0.2, 0) is 11.0 Å². The highest BCUT2D eigenvalue weighted by Crippen LogP contribution is 2.40. The maximum atomic E-state index is 6.57. The molecule has 1 aromatic heterocycles. The fourth-order valence-electron chi connectivity index (χ4n) is 4.01. The fourth-order valence-corrected chi connectivity index (χ4v) is 4.01. The average Bonchev–Trinajstić information content (AvgIpc) is 2.90. The second kappa shape index (κ2) is 5.14. The largest absolute Gasteiger partial charge is 0.339 e. The van der Waals surface area contributed by atoms with Crippen molar-refractivity contribution in [2.45, 2.75) is 82.6 Å². The Morgan fingerprint density at radius 1 is 1.15 bits per heavy atom. The predicted molar refractivity (Wildman–Crippen MR) is 78.2 cm³/mol. The molecule has 0 amide bonds. The molecule has 2 N–H and O–H groups in total. The number of nitrogens with zero attached hydrogens (tertiary/aromatic N) is 2. The maximum Gasteiger partial charge on any atom is 0.232 e. The van der Waals surface area contributed by atoms with Crippen molar-refractivity contribution < 1.29 is 4.52 Å². The van der Waals surface area contributed by atoms with Crippen molar-refractivity contribution in [3.63, 3.8) is 0 Å². The van der Waals surface area contributed by atoms with E-state index in [9.17, 15) is 0 Å². The average molecular weight is 277 g/mol. The lowest BCUT2D eigenvalue weighted by molar-refractivity contribution is 0.215. The van der Waals surface area contributed by atoms with Gasteiger partial charge in [0.2, 0.25) is 5.89 Å². The van der Waals surface area contributed by atoms with Gasteiger partial charge < -0.3 is 10.3 Å². The molecule has 0 radical (unpaired) electrons. The third-order valence-corrected chi connectivity index (χ3v) is 5.38.